The topological polar surface area (TPSA) is 52.7 Å². The lowest BCUT2D eigenvalue weighted by Gasteiger charge is -2.44. The van der Waals surface area contributed by atoms with Gasteiger partial charge in [0.25, 0.3) is 5.91 Å². The summed E-state index contributed by atoms with van der Waals surface area (Å²) in [7, 11) is 3.40. The molecule has 0 radical (unpaired) electrons. The molecule has 1 unspecified atom stereocenters. The first-order chi connectivity index (χ1) is 12.5. The second kappa shape index (κ2) is 7.44. The van der Waals surface area contributed by atoms with Crippen LogP contribution in [-0.4, -0.2) is 43.5 Å². The highest BCUT2D eigenvalue weighted by atomic mass is 16.2. The summed E-state index contributed by atoms with van der Waals surface area (Å²) in [6.45, 7) is 2.17. The van der Waals surface area contributed by atoms with E-state index < -0.39 is 0 Å². The molecule has 2 amide bonds. The van der Waals surface area contributed by atoms with E-state index in [1.165, 1.54) is 0 Å². The summed E-state index contributed by atoms with van der Waals surface area (Å²) in [6.07, 6.45) is 1.73. The Morgan fingerprint density at radius 3 is 2.46 bits per heavy atom. The average Bonchev–Trinajstić information content (AvgIpc) is 2.66. The molecule has 0 saturated heterocycles. The lowest BCUT2D eigenvalue weighted by Crippen LogP contribution is -2.56. The van der Waals surface area contributed by atoms with Crippen LogP contribution in [0.2, 0.25) is 0 Å². The van der Waals surface area contributed by atoms with Crippen molar-refractivity contribution >= 4 is 23.6 Å². The number of hydrogen-bond donors (Lipinski definition) is 1. The van der Waals surface area contributed by atoms with Crippen LogP contribution in [0.1, 0.15) is 22.8 Å². The van der Waals surface area contributed by atoms with Gasteiger partial charge >= 0.3 is 0 Å². The van der Waals surface area contributed by atoms with Crippen LogP contribution in [0.3, 0.4) is 0 Å². The molecule has 134 valence electrons. The van der Waals surface area contributed by atoms with Gasteiger partial charge in [-0.1, -0.05) is 48.5 Å². The van der Waals surface area contributed by atoms with Crippen LogP contribution >= 0.6 is 0 Å². The molecule has 5 nitrogen and oxygen atoms in total. The third-order valence-corrected chi connectivity index (χ3v) is 4.62. The highest BCUT2D eigenvalue weighted by Crippen LogP contribution is 2.33. The normalized spacial score (nSPS) is 17.1. The Hall–Kier alpha value is -3.08. The fourth-order valence-electron chi connectivity index (χ4n) is 3.39. The maximum Gasteiger partial charge on any atom is 0.257 e. The van der Waals surface area contributed by atoms with Gasteiger partial charge in [-0.3, -0.25) is 9.59 Å². The predicted molar refractivity (Wildman–Crippen MR) is 104 cm³/mol. The van der Waals surface area contributed by atoms with Gasteiger partial charge in [0.05, 0.1) is 17.8 Å². The van der Waals surface area contributed by atoms with Crippen molar-refractivity contribution in [2.45, 2.75) is 13.1 Å². The number of anilines is 1. The summed E-state index contributed by atoms with van der Waals surface area (Å²) in [4.78, 5) is 28.7. The molecule has 2 aromatic rings. The molecular formula is C21H23N3O2. The third kappa shape index (κ3) is 3.33. The molecule has 0 saturated carbocycles. The summed E-state index contributed by atoms with van der Waals surface area (Å²) < 4.78 is 0. The number of likely N-dealkylation sites (N-methyl/N-ethyl adjacent to an activating group) is 2. The molecule has 0 spiro atoms. The Morgan fingerprint density at radius 1 is 1.12 bits per heavy atom. The zero-order chi connectivity index (χ0) is 18.7. The van der Waals surface area contributed by atoms with Crippen molar-refractivity contribution in [1.29, 1.82) is 0 Å². The minimum absolute atomic E-state index is 0.0421. The first kappa shape index (κ1) is 17.7. The fraction of sp³-hybridized carbons (Fsp3) is 0.238. The summed E-state index contributed by atoms with van der Waals surface area (Å²) >= 11 is 0. The Kier molecular flexibility index (Phi) is 5.07. The van der Waals surface area contributed by atoms with Crippen molar-refractivity contribution in [3.8, 4) is 0 Å². The van der Waals surface area contributed by atoms with Crippen molar-refractivity contribution in [3.63, 3.8) is 0 Å². The van der Waals surface area contributed by atoms with Gasteiger partial charge in [-0.05, 0) is 30.2 Å². The quantitative estimate of drug-likeness (QED) is 0.923. The van der Waals surface area contributed by atoms with E-state index in [2.05, 4.69) is 11.4 Å². The summed E-state index contributed by atoms with van der Waals surface area (Å²) in [6, 6.07) is 17.4. The number of nitrogens with one attached hydrogen (secondary N) is 1. The maximum absolute atomic E-state index is 12.9. The number of carbonyl (C=O) groups is 2. The third-order valence-electron chi connectivity index (χ3n) is 4.62. The Balaban J connectivity index is 2.07. The summed E-state index contributed by atoms with van der Waals surface area (Å²) in [5.74, 6) is -0.139. The maximum atomic E-state index is 12.9. The van der Waals surface area contributed by atoms with E-state index in [0.29, 0.717) is 5.56 Å². The number of benzene rings is 2. The lowest BCUT2D eigenvalue weighted by atomic mass is 10.0. The predicted octanol–water partition coefficient (Wildman–Crippen LogP) is 2.75. The molecule has 1 heterocycles. The van der Waals surface area contributed by atoms with E-state index in [1.807, 2.05) is 60.4 Å². The SMILES string of the molecule is CNC(=O)CN1c2ccccc2C(=O)N(C)C1/C(C)=C/c1ccccc1. The molecule has 0 aliphatic carbocycles. The molecular weight excluding hydrogens is 326 g/mol. The number of carbonyl (C=O) groups excluding carboxylic acids is 2. The van der Waals surface area contributed by atoms with Gasteiger partial charge in [0, 0.05) is 14.1 Å². The number of nitrogens with zero attached hydrogens (tertiary/aromatic N) is 2. The van der Waals surface area contributed by atoms with Gasteiger partial charge in [0.1, 0.15) is 6.17 Å². The van der Waals surface area contributed by atoms with Crippen molar-refractivity contribution in [1.82, 2.24) is 10.2 Å². The number of fused-ring (bicyclic) bond motifs is 1. The van der Waals surface area contributed by atoms with E-state index in [9.17, 15) is 9.59 Å². The van der Waals surface area contributed by atoms with Crippen LogP contribution < -0.4 is 10.2 Å². The van der Waals surface area contributed by atoms with Gasteiger partial charge < -0.3 is 15.1 Å². The average molecular weight is 349 g/mol. The van der Waals surface area contributed by atoms with Crippen LogP contribution in [0.4, 0.5) is 5.69 Å². The van der Waals surface area contributed by atoms with Gasteiger partial charge in [-0.2, -0.15) is 0 Å². The van der Waals surface area contributed by atoms with E-state index >= 15 is 0 Å². The molecule has 0 fully saturated rings. The summed E-state index contributed by atoms with van der Waals surface area (Å²) in [5.41, 5.74) is 3.45. The van der Waals surface area contributed by atoms with Crippen LogP contribution in [0, 0.1) is 0 Å². The van der Waals surface area contributed by atoms with E-state index in [0.717, 1.165) is 16.8 Å². The lowest BCUT2D eigenvalue weighted by molar-refractivity contribution is -0.119. The van der Waals surface area contributed by atoms with E-state index in [4.69, 9.17) is 0 Å². The second-order valence-electron chi connectivity index (χ2n) is 6.41. The molecule has 0 aromatic heterocycles. The molecule has 26 heavy (non-hydrogen) atoms. The van der Waals surface area contributed by atoms with Gasteiger partial charge in [0.15, 0.2) is 0 Å². The molecule has 5 heteroatoms. The minimum atomic E-state index is -0.324. The smallest absolute Gasteiger partial charge is 0.257 e. The first-order valence-electron chi connectivity index (χ1n) is 8.59. The Bertz CT molecular complexity index is 845. The number of rotatable bonds is 4. The van der Waals surface area contributed by atoms with Crippen LogP contribution in [0.5, 0.6) is 0 Å². The standard InChI is InChI=1S/C21H23N3O2/c1-15(13-16-9-5-4-6-10-16)20-23(3)21(26)17-11-7-8-12-18(17)24(20)14-19(25)22-2/h4-13,20H,14H2,1-3H3,(H,22,25)/b15-13+. The Morgan fingerprint density at radius 2 is 1.77 bits per heavy atom. The van der Waals surface area contributed by atoms with Crippen LogP contribution in [-0.2, 0) is 4.79 Å². The first-order valence-corrected chi connectivity index (χ1v) is 8.59. The fourth-order valence-corrected chi connectivity index (χ4v) is 3.39. The molecule has 1 atom stereocenters. The minimum Gasteiger partial charge on any atom is -0.358 e. The van der Waals surface area contributed by atoms with Crippen molar-refractivity contribution < 1.29 is 9.59 Å². The van der Waals surface area contributed by atoms with Crippen molar-refractivity contribution in [2.75, 3.05) is 25.5 Å². The molecule has 2 aromatic carbocycles. The highest BCUT2D eigenvalue weighted by molar-refractivity contribution is 6.03. The van der Waals surface area contributed by atoms with E-state index in [1.54, 1.807) is 25.1 Å². The van der Waals surface area contributed by atoms with Crippen molar-refractivity contribution in [3.05, 3.63) is 71.3 Å². The van der Waals surface area contributed by atoms with Crippen molar-refractivity contribution in [2.24, 2.45) is 0 Å². The van der Waals surface area contributed by atoms with Gasteiger partial charge in [-0.15, -0.1) is 0 Å². The molecule has 1 aliphatic rings. The van der Waals surface area contributed by atoms with Gasteiger partial charge in [-0.25, -0.2) is 0 Å². The largest absolute Gasteiger partial charge is 0.358 e. The molecule has 3 rings (SSSR count). The van der Waals surface area contributed by atoms with Gasteiger partial charge in [0.2, 0.25) is 5.91 Å². The Labute approximate surface area is 153 Å². The second-order valence-corrected chi connectivity index (χ2v) is 6.41. The molecule has 1 aliphatic heterocycles. The number of amides is 2. The molecule has 1 N–H and O–H groups in total. The monoisotopic (exact) mass is 349 g/mol. The molecule has 0 bridgehead atoms. The number of para-hydroxylation sites is 1. The van der Waals surface area contributed by atoms with E-state index in [-0.39, 0.29) is 24.5 Å². The van der Waals surface area contributed by atoms with Crippen LogP contribution in [0.25, 0.3) is 6.08 Å². The number of hydrogen-bond acceptors (Lipinski definition) is 3. The zero-order valence-electron chi connectivity index (χ0n) is 15.3. The highest BCUT2D eigenvalue weighted by Gasteiger charge is 2.36. The summed E-state index contributed by atoms with van der Waals surface area (Å²) in [5, 5.41) is 2.67. The zero-order valence-corrected chi connectivity index (χ0v) is 15.3. The van der Waals surface area contributed by atoms with Crippen LogP contribution in [0.15, 0.2) is 60.2 Å².